The van der Waals surface area contributed by atoms with Crippen LogP contribution in [0.1, 0.15) is 109 Å². The average molecular weight is 549 g/mol. The molecule has 6 rings (SSSR count). The Labute approximate surface area is 236 Å². The van der Waals surface area contributed by atoms with Crippen LogP contribution in [0.4, 0.5) is 0 Å². The van der Waals surface area contributed by atoms with Gasteiger partial charge in [-0.1, -0.05) is 43.0 Å². The monoisotopic (exact) mass is 548 g/mol. The van der Waals surface area contributed by atoms with Gasteiger partial charge >= 0.3 is 5.97 Å². The van der Waals surface area contributed by atoms with Crippen molar-refractivity contribution in [1.29, 1.82) is 0 Å². The van der Waals surface area contributed by atoms with E-state index in [2.05, 4.69) is 10.1 Å². The summed E-state index contributed by atoms with van der Waals surface area (Å²) in [4.78, 5) is 38.8. The van der Waals surface area contributed by atoms with Gasteiger partial charge in [-0.05, 0) is 82.8 Å². The second-order valence-corrected chi connectivity index (χ2v) is 13.0. The SMILES string of the molecule is CC(C)O/N=C(\CCC(=O)O)c1nc2ccccc2n(C2C[C@H]3CCC[C@@H](C2)N3C2CC3CCCC(C3)C2)c1=O. The van der Waals surface area contributed by atoms with Crippen LogP contribution in [0.5, 0.6) is 0 Å². The number of hydrogen-bond donors (Lipinski definition) is 1. The van der Waals surface area contributed by atoms with Gasteiger partial charge in [0.2, 0.25) is 0 Å². The van der Waals surface area contributed by atoms with Crippen LogP contribution in [0.25, 0.3) is 11.0 Å². The second-order valence-electron chi connectivity index (χ2n) is 13.0. The molecule has 2 aliphatic heterocycles. The Kier molecular flexibility index (Phi) is 7.98. The summed E-state index contributed by atoms with van der Waals surface area (Å²) in [5.41, 5.74) is 1.93. The molecule has 40 heavy (non-hydrogen) atoms. The molecule has 1 aromatic heterocycles. The Morgan fingerprint density at radius 3 is 2.30 bits per heavy atom. The lowest BCUT2D eigenvalue weighted by Gasteiger charge is -2.55. The third-order valence-corrected chi connectivity index (χ3v) is 9.91. The van der Waals surface area contributed by atoms with Gasteiger partial charge in [0.25, 0.3) is 5.56 Å². The lowest BCUT2D eigenvalue weighted by atomic mass is 9.68. The molecule has 2 aromatic rings. The Balaban J connectivity index is 1.35. The molecule has 4 bridgehead atoms. The van der Waals surface area contributed by atoms with Gasteiger partial charge in [0.1, 0.15) is 11.8 Å². The fourth-order valence-electron chi connectivity index (χ4n) is 8.44. The smallest absolute Gasteiger partial charge is 0.303 e. The number of rotatable bonds is 8. The van der Waals surface area contributed by atoms with E-state index in [-0.39, 0.29) is 36.2 Å². The molecule has 8 heteroatoms. The summed E-state index contributed by atoms with van der Waals surface area (Å²) in [6, 6.07) is 9.63. The first-order valence-electron chi connectivity index (χ1n) is 15.6. The van der Waals surface area contributed by atoms with Crippen LogP contribution in [0, 0.1) is 11.8 Å². The topological polar surface area (TPSA) is 97.0 Å². The van der Waals surface area contributed by atoms with Crippen LogP contribution < -0.4 is 5.56 Å². The van der Waals surface area contributed by atoms with Crippen LogP contribution in [0.15, 0.2) is 34.2 Å². The van der Waals surface area contributed by atoms with E-state index in [1.807, 2.05) is 42.7 Å². The van der Waals surface area contributed by atoms with Crippen molar-refractivity contribution >= 4 is 22.7 Å². The van der Waals surface area contributed by atoms with Gasteiger partial charge < -0.3 is 14.5 Å². The summed E-state index contributed by atoms with van der Waals surface area (Å²) in [6.45, 7) is 3.72. The standard InChI is InChI=1S/C32H44N4O4/c1-20(2)40-34-28(13-14-30(37)38)31-32(39)36(29-12-4-3-11-27(29)33-31)26-18-23-9-6-10-24(19-26)35(23)25-16-21-7-5-8-22(15-21)17-25/h3-4,11-12,20-26H,5-10,13-19H2,1-2H3,(H,37,38)/b34-28+/t21?,22?,23-,24+,25?,26?. The van der Waals surface area contributed by atoms with Crippen molar-refractivity contribution in [3.63, 3.8) is 0 Å². The molecule has 1 N–H and O–H groups in total. The Bertz CT molecular complexity index is 1290. The van der Waals surface area contributed by atoms with Gasteiger partial charge in [0, 0.05) is 30.6 Å². The van der Waals surface area contributed by atoms with Crippen LogP contribution in [-0.4, -0.2) is 55.5 Å². The molecule has 4 fully saturated rings. The molecular formula is C32H44N4O4. The Morgan fingerprint density at radius 1 is 0.950 bits per heavy atom. The minimum atomic E-state index is -0.939. The highest BCUT2D eigenvalue weighted by atomic mass is 16.6. The number of oxime groups is 1. The number of benzene rings is 1. The highest BCUT2D eigenvalue weighted by molar-refractivity contribution is 6.00. The zero-order valence-electron chi connectivity index (χ0n) is 24.0. The maximum absolute atomic E-state index is 14.3. The molecular weight excluding hydrogens is 504 g/mol. The molecule has 4 aliphatic rings. The maximum Gasteiger partial charge on any atom is 0.303 e. The van der Waals surface area contributed by atoms with E-state index in [4.69, 9.17) is 9.82 Å². The first-order valence-corrected chi connectivity index (χ1v) is 15.6. The lowest BCUT2D eigenvalue weighted by Crippen LogP contribution is -2.58. The molecule has 0 radical (unpaired) electrons. The summed E-state index contributed by atoms with van der Waals surface area (Å²) in [6.07, 6.45) is 13.8. The third-order valence-electron chi connectivity index (χ3n) is 9.91. The van der Waals surface area contributed by atoms with Crippen LogP contribution >= 0.6 is 0 Å². The molecule has 1 aromatic carbocycles. The minimum Gasteiger partial charge on any atom is -0.481 e. The van der Waals surface area contributed by atoms with Crippen molar-refractivity contribution in [2.45, 2.75) is 128 Å². The van der Waals surface area contributed by atoms with E-state index in [1.165, 1.54) is 57.8 Å². The van der Waals surface area contributed by atoms with E-state index < -0.39 is 5.97 Å². The van der Waals surface area contributed by atoms with Gasteiger partial charge in [-0.2, -0.15) is 0 Å². The number of nitrogens with zero attached hydrogens (tertiary/aromatic N) is 4. The van der Waals surface area contributed by atoms with E-state index in [0.29, 0.717) is 23.8 Å². The molecule has 2 saturated carbocycles. The van der Waals surface area contributed by atoms with Crippen molar-refractivity contribution in [3.05, 3.63) is 40.3 Å². The number of hydrogen-bond acceptors (Lipinski definition) is 6. The number of carboxylic acid groups (broad SMARTS) is 1. The summed E-state index contributed by atoms with van der Waals surface area (Å²) >= 11 is 0. The number of carbonyl (C=O) groups is 1. The van der Waals surface area contributed by atoms with Crippen LogP contribution in [-0.2, 0) is 9.63 Å². The molecule has 0 spiro atoms. The Hall–Kier alpha value is -2.74. The van der Waals surface area contributed by atoms with Gasteiger partial charge in [-0.15, -0.1) is 0 Å². The number of aliphatic carboxylic acids is 1. The highest BCUT2D eigenvalue weighted by Crippen LogP contribution is 2.47. The van der Waals surface area contributed by atoms with Crippen molar-refractivity contribution < 1.29 is 14.7 Å². The molecule has 2 saturated heterocycles. The van der Waals surface area contributed by atoms with E-state index >= 15 is 0 Å². The molecule has 5 atom stereocenters. The van der Waals surface area contributed by atoms with E-state index in [1.54, 1.807) is 0 Å². The molecule has 216 valence electrons. The summed E-state index contributed by atoms with van der Waals surface area (Å²) in [5.74, 6) is 0.870. The molecule has 3 heterocycles. The van der Waals surface area contributed by atoms with Gasteiger partial charge in [-0.3, -0.25) is 14.5 Å². The quantitative estimate of drug-likeness (QED) is 0.325. The summed E-state index contributed by atoms with van der Waals surface area (Å²) < 4.78 is 1.97. The fraction of sp³-hybridized carbons (Fsp3) is 0.688. The first-order chi connectivity index (χ1) is 19.4. The van der Waals surface area contributed by atoms with Gasteiger partial charge in [0.05, 0.1) is 17.5 Å². The molecule has 8 nitrogen and oxygen atoms in total. The normalized spacial score (nSPS) is 30.9. The van der Waals surface area contributed by atoms with Gasteiger partial charge in [0.15, 0.2) is 5.69 Å². The molecule has 0 amide bonds. The van der Waals surface area contributed by atoms with Crippen LogP contribution in [0.2, 0.25) is 0 Å². The molecule has 3 unspecified atom stereocenters. The van der Waals surface area contributed by atoms with E-state index in [0.717, 1.165) is 35.7 Å². The van der Waals surface area contributed by atoms with Crippen molar-refractivity contribution in [2.75, 3.05) is 0 Å². The maximum atomic E-state index is 14.3. The highest BCUT2D eigenvalue weighted by Gasteiger charge is 2.45. The summed E-state index contributed by atoms with van der Waals surface area (Å²) in [5, 5.41) is 13.6. The lowest BCUT2D eigenvalue weighted by molar-refractivity contribution is -0.136. The van der Waals surface area contributed by atoms with Crippen molar-refractivity contribution in [1.82, 2.24) is 14.5 Å². The minimum absolute atomic E-state index is 0.0838. The predicted molar refractivity (Wildman–Crippen MR) is 156 cm³/mol. The fourth-order valence-corrected chi connectivity index (χ4v) is 8.44. The first kappa shape index (κ1) is 27.4. The zero-order valence-corrected chi connectivity index (χ0v) is 24.0. The Morgan fingerprint density at radius 2 is 1.62 bits per heavy atom. The number of aromatic nitrogens is 2. The average Bonchev–Trinajstić information content (AvgIpc) is 2.92. The number of piperidine rings is 2. The van der Waals surface area contributed by atoms with Crippen molar-refractivity contribution in [2.24, 2.45) is 17.0 Å². The van der Waals surface area contributed by atoms with Gasteiger partial charge in [-0.25, -0.2) is 4.98 Å². The van der Waals surface area contributed by atoms with Crippen LogP contribution in [0.3, 0.4) is 0 Å². The van der Waals surface area contributed by atoms with E-state index in [9.17, 15) is 14.7 Å². The number of fused-ring (bicyclic) bond motifs is 5. The zero-order chi connectivity index (χ0) is 27.8. The molecule has 2 aliphatic carbocycles. The number of carboxylic acids is 1. The largest absolute Gasteiger partial charge is 0.481 e. The number of para-hydroxylation sites is 2. The third kappa shape index (κ3) is 5.56. The second kappa shape index (κ2) is 11.6. The predicted octanol–water partition coefficient (Wildman–Crippen LogP) is 5.92. The van der Waals surface area contributed by atoms with Crippen molar-refractivity contribution in [3.8, 4) is 0 Å². The summed E-state index contributed by atoms with van der Waals surface area (Å²) in [7, 11) is 0.